The molecule has 0 unspecified atom stereocenters. The molecule has 0 spiro atoms. The molecule has 3 fully saturated rings. The molecule has 1 N–H and O–H groups in total. The Balaban J connectivity index is 1.39. The topological polar surface area (TPSA) is 128 Å². The summed E-state index contributed by atoms with van der Waals surface area (Å²) in [7, 11) is -4.52. The van der Waals surface area contributed by atoms with Crippen molar-refractivity contribution in [2.45, 2.75) is 70.0 Å². The fraction of sp³-hybridized carbons (Fsp3) is 0.650. The Labute approximate surface area is 186 Å². The van der Waals surface area contributed by atoms with Gasteiger partial charge in [-0.15, -0.1) is 0 Å². The molecular weight excluding hydrogens is 446 g/mol. The Bertz CT molecular complexity index is 950. The quantitative estimate of drug-likeness (QED) is 0.650. The Morgan fingerprint density at radius 3 is 2.53 bits per heavy atom. The summed E-state index contributed by atoms with van der Waals surface area (Å²) in [5.41, 5.74) is 0.702. The molecule has 1 aromatic carbocycles. The molecule has 1 aromatic rings. The molecule has 0 bridgehead atoms. The van der Waals surface area contributed by atoms with Crippen LogP contribution in [0.3, 0.4) is 0 Å². The van der Waals surface area contributed by atoms with Crippen LogP contribution >= 0.6 is 0 Å². The Hall–Kier alpha value is -1.80. The molecule has 4 rings (SSSR count). The molecule has 3 aliphatic heterocycles. The molecule has 12 heteroatoms. The van der Waals surface area contributed by atoms with Crippen molar-refractivity contribution < 1.29 is 45.8 Å². The smallest absolute Gasteiger partial charge is 0.423 e. The van der Waals surface area contributed by atoms with Crippen LogP contribution in [0.4, 0.5) is 4.79 Å². The third kappa shape index (κ3) is 5.06. The summed E-state index contributed by atoms with van der Waals surface area (Å²) >= 11 is 0. The minimum Gasteiger partial charge on any atom is -0.444 e. The van der Waals surface area contributed by atoms with Crippen LogP contribution in [0.1, 0.15) is 33.3 Å². The maximum absolute atomic E-state index is 12.3. The zero-order valence-electron chi connectivity index (χ0n) is 18.2. The van der Waals surface area contributed by atoms with Gasteiger partial charge in [-0.3, -0.25) is 0 Å². The second-order valence-electron chi connectivity index (χ2n) is 8.68. The molecule has 0 aliphatic carbocycles. The number of carbonyl (C=O) groups is 1. The van der Waals surface area contributed by atoms with Crippen molar-refractivity contribution in [1.82, 2.24) is 4.72 Å². The van der Waals surface area contributed by atoms with E-state index in [1.807, 2.05) is 6.07 Å². The lowest BCUT2D eigenvalue weighted by molar-refractivity contribution is -0.290. The number of carbonyl (C=O) groups excluding carboxylic acids is 1. The maximum atomic E-state index is 12.3. The zero-order valence-corrected chi connectivity index (χ0v) is 19.0. The summed E-state index contributed by atoms with van der Waals surface area (Å²) in [6.45, 7) is 6.27. The van der Waals surface area contributed by atoms with E-state index in [-0.39, 0.29) is 13.2 Å². The first-order valence-corrected chi connectivity index (χ1v) is 11.5. The van der Waals surface area contributed by atoms with Gasteiger partial charge in [0.15, 0.2) is 11.6 Å². The van der Waals surface area contributed by atoms with Crippen molar-refractivity contribution >= 4 is 16.4 Å². The molecule has 3 saturated heterocycles. The lowest BCUT2D eigenvalue weighted by atomic mass is 9.98. The highest BCUT2D eigenvalue weighted by Gasteiger charge is 2.65. The van der Waals surface area contributed by atoms with Crippen molar-refractivity contribution in [2.24, 2.45) is 0 Å². The van der Waals surface area contributed by atoms with Crippen molar-refractivity contribution in [2.75, 3.05) is 13.2 Å². The van der Waals surface area contributed by atoms with Gasteiger partial charge in [-0.2, -0.15) is 13.1 Å². The summed E-state index contributed by atoms with van der Waals surface area (Å²) in [6, 6.07) is 8.82. The minimum atomic E-state index is -4.52. The normalized spacial score (nSPS) is 32.7. The van der Waals surface area contributed by atoms with Gasteiger partial charge in [0, 0.05) is 0 Å². The number of ether oxygens (including phenoxy) is 6. The second kappa shape index (κ2) is 8.20. The van der Waals surface area contributed by atoms with Crippen LogP contribution in [-0.2, 0) is 49.5 Å². The van der Waals surface area contributed by atoms with E-state index in [0.29, 0.717) is 5.56 Å². The SMILES string of the molecule is CC1(C)O[C@@H]2[C@@H](CO[C@@]3(COS(=O)(=O)NC(=O)OCc4ccccc4)OC(C)(C)O[C@@H]23)O1. The number of nitrogens with one attached hydrogen (secondary N) is 1. The standard InChI is InChI=1S/C20H27NO10S/c1-18(2)28-14-11-26-20(16(15(14)29-18)30-19(3,4)31-20)12-27-32(23,24)21-17(22)25-10-13-8-6-5-7-9-13/h5-9,14-16H,10-12H2,1-4H3,(H,21,22)/t14-,15-,16+,20+/m1/s1. The molecule has 3 heterocycles. The fourth-order valence-electron chi connectivity index (χ4n) is 3.99. The summed E-state index contributed by atoms with van der Waals surface area (Å²) in [4.78, 5) is 11.9. The lowest BCUT2D eigenvalue weighted by Crippen LogP contribution is -2.60. The highest BCUT2D eigenvalue weighted by molar-refractivity contribution is 7.85. The van der Waals surface area contributed by atoms with Gasteiger partial charge in [-0.1, -0.05) is 30.3 Å². The van der Waals surface area contributed by atoms with Crippen LogP contribution in [0, 0.1) is 0 Å². The Morgan fingerprint density at radius 1 is 1.09 bits per heavy atom. The average Bonchev–Trinajstić information content (AvgIpc) is 3.17. The average molecular weight is 474 g/mol. The highest BCUT2D eigenvalue weighted by atomic mass is 32.2. The molecule has 0 aromatic heterocycles. The van der Waals surface area contributed by atoms with E-state index in [1.54, 1.807) is 56.7 Å². The molecular formula is C20H27NO10S. The number of rotatable bonds is 6. The van der Waals surface area contributed by atoms with E-state index >= 15 is 0 Å². The van der Waals surface area contributed by atoms with Crippen LogP contribution < -0.4 is 4.72 Å². The molecule has 0 radical (unpaired) electrons. The predicted molar refractivity (Wildman–Crippen MR) is 107 cm³/mol. The monoisotopic (exact) mass is 473 g/mol. The molecule has 32 heavy (non-hydrogen) atoms. The highest BCUT2D eigenvalue weighted by Crippen LogP contribution is 2.47. The van der Waals surface area contributed by atoms with E-state index < -0.39 is 58.7 Å². The predicted octanol–water partition coefficient (Wildman–Crippen LogP) is 1.57. The van der Waals surface area contributed by atoms with E-state index in [4.69, 9.17) is 32.6 Å². The first kappa shape index (κ1) is 23.4. The van der Waals surface area contributed by atoms with Gasteiger partial charge in [0.25, 0.3) is 0 Å². The van der Waals surface area contributed by atoms with E-state index in [1.165, 1.54) is 0 Å². The van der Waals surface area contributed by atoms with Crippen LogP contribution in [0.15, 0.2) is 30.3 Å². The Kier molecular flexibility index (Phi) is 5.99. The van der Waals surface area contributed by atoms with Gasteiger partial charge in [-0.25, -0.2) is 8.98 Å². The van der Waals surface area contributed by atoms with Crippen molar-refractivity contribution in [3.63, 3.8) is 0 Å². The van der Waals surface area contributed by atoms with Gasteiger partial charge in [0.2, 0.25) is 5.79 Å². The second-order valence-corrected chi connectivity index (χ2v) is 10.0. The number of fused-ring (bicyclic) bond motifs is 3. The summed E-state index contributed by atoms with van der Waals surface area (Å²) < 4.78 is 65.8. The van der Waals surface area contributed by atoms with Crippen LogP contribution in [-0.4, -0.2) is 63.4 Å². The van der Waals surface area contributed by atoms with Gasteiger partial charge >= 0.3 is 16.4 Å². The van der Waals surface area contributed by atoms with E-state index in [9.17, 15) is 13.2 Å². The van der Waals surface area contributed by atoms with Crippen LogP contribution in [0.25, 0.3) is 0 Å². The number of hydrogen-bond donors (Lipinski definition) is 1. The summed E-state index contributed by atoms with van der Waals surface area (Å²) in [5.74, 6) is -3.52. The first-order valence-electron chi connectivity index (χ1n) is 10.1. The largest absolute Gasteiger partial charge is 0.444 e. The third-order valence-electron chi connectivity index (χ3n) is 5.11. The van der Waals surface area contributed by atoms with Gasteiger partial charge < -0.3 is 28.4 Å². The summed E-state index contributed by atoms with van der Waals surface area (Å²) in [5, 5.41) is 0. The molecule has 4 atom stereocenters. The number of amides is 1. The molecule has 1 amide bonds. The molecule has 0 saturated carbocycles. The molecule has 178 valence electrons. The van der Waals surface area contributed by atoms with Crippen molar-refractivity contribution in [3.8, 4) is 0 Å². The van der Waals surface area contributed by atoms with E-state index in [2.05, 4.69) is 0 Å². The maximum Gasteiger partial charge on any atom is 0.423 e. The molecule has 11 nitrogen and oxygen atoms in total. The molecule has 3 aliphatic rings. The zero-order chi connectivity index (χ0) is 23.2. The van der Waals surface area contributed by atoms with Gasteiger partial charge in [-0.05, 0) is 33.3 Å². The Morgan fingerprint density at radius 2 is 1.81 bits per heavy atom. The summed E-state index contributed by atoms with van der Waals surface area (Å²) in [6.07, 6.45) is -2.97. The van der Waals surface area contributed by atoms with Crippen molar-refractivity contribution in [3.05, 3.63) is 35.9 Å². The number of hydrogen-bond acceptors (Lipinski definition) is 10. The van der Waals surface area contributed by atoms with Gasteiger partial charge in [0.1, 0.15) is 31.5 Å². The fourth-order valence-corrected chi connectivity index (χ4v) is 4.63. The van der Waals surface area contributed by atoms with E-state index in [0.717, 1.165) is 0 Å². The van der Waals surface area contributed by atoms with Crippen molar-refractivity contribution in [1.29, 1.82) is 0 Å². The first-order chi connectivity index (χ1) is 14.9. The van der Waals surface area contributed by atoms with Gasteiger partial charge in [0.05, 0.1) is 6.61 Å². The lowest BCUT2D eigenvalue weighted by Gasteiger charge is -2.40. The minimum absolute atomic E-state index is 0.0833. The van der Waals surface area contributed by atoms with Crippen LogP contribution in [0.5, 0.6) is 0 Å². The third-order valence-corrected chi connectivity index (χ3v) is 5.96. The number of benzene rings is 1. The van der Waals surface area contributed by atoms with Crippen LogP contribution in [0.2, 0.25) is 0 Å².